The second-order valence-corrected chi connectivity index (χ2v) is 9.18. The van der Waals surface area contributed by atoms with Crippen molar-refractivity contribution in [3.05, 3.63) is 33.9 Å². The van der Waals surface area contributed by atoms with Crippen LogP contribution in [-0.2, 0) is 14.6 Å². The molecule has 0 saturated carbocycles. The van der Waals surface area contributed by atoms with E-state index in [9.17, 15) is 23.3 Å². The molecule has 1 heterocycles. The van der Waals surface area contributed by atoms with Gasteiger partial charge in [-0.05, 0) is 32.4 Å². The zero-order chi connectivity index (χ0) is 20.0. The Balaban J connectivity index is 1.97. The normalized spacial score (nSPS) is 18.6. The maximum atomic E-state index is 12.3. The summed E-state index contributed by atoms with van der Waals surface area (Å²) in [5, 5.41) is 13.7. The molecule has 150 valence electrons. The van der Waals surface area contributed by atoms with Crippen molar-refractivity contribution in [2.24, 2.45) is 0 Å². The first-order valence-electron chi connectivity index (χ1n) is 9.22. The second-order valence-electron chi connectivity index (χ2n) is 6.95. The quantitative estimate of drug-likeness (QED) is 0.506. The molecule has 1 aromatic carbocycles. The van der Waals surface area contributed by atoms with Gasteiger partial charge in [0.1, 0.15) is 0 Å². The van der Waals surface area contributed by atoms with Gasteiger partial charge in [0.2, 0.25) is 5.91 Å². The van der Waals surface area contributed by atoms with Crippen LogP contribution in [0, 0.1) is 17.0 Å². The van der Waals surface area contributed by atoms with Gasteiger partial charge < -0.3 is 5.32 Å². The van der Waals surface area contributed by atoms with Gasteiger partial charge in [0.15, 0.2) is 9.84 Å². The Kier molecular flexibility index (Phi) is 7.32. The molecule has 27 heavy (non-hydrogen) atoms. The van der Waals surface area contributed by atoms with Crippen LogP contribution in [0.2, 0.25) is 0 Å². The van der Waals surface area contributed by atoms with Crippen molar-refractivity contribution < 1.29 is 18.1 Å². The minimum Gasteiger partial charge on any atom is -0.326 e. The van der Waals surface area contributed by atoms with Crippen molar-refractivity contribution in [2.45, 2.75) is 45.6 Å². The molecule has 9 heteroatoms. The number of anilines is 1. The summed E-state index contributed by atoms with van der Waals surface area (Å²) in [4.78, 5) is 25.0. The van der Waals surface area contributed by atoms with E-state index in [-0.39, 0.29) is 35.6 Å². The number of nitrogens with zero attached hydrogens (tertiary/aromatic N) is 2. The van der Waals surface area contributed by atoms with Gasteiger partial charge in [-0.3, -0.25) is 19.8 Å². The Morgan fingerprint density at radius 2 is 2.11 bits per heavy atom. The molecule has 2 rings (SSSR count). The molecule has 1 atom stereocenters. The molecule has 0 spiro atoms. The summed E-state index contributed by atoms with van der Waals surface area (Å²) in [6.45, 7) is 4.91. The van der Waals surface area contributed by atoms with Crippen LogP contribution in [0.5, 0.6) is 0 Å². The number of nitrogens with one attached hydrogen (secondary N) is 1. The lowest BCUT2D eigenvalue weighted by Crippen LogP contribution is -2.39. The predicted octanol–water partition coefficient (Wildman–Crippen LogP) is 2.52. The van der Waals surface area contributed by atoms with E-state index in [1.807, 2.05) is 0 Å². The predicted molar refractivity (Wildman–Crippen MR) is 105 cm³/mol. The fourth-order valence-corrected chi connectivity index (χ4v) is 5.08. The highest BCUT2D eigenvalue weighted by molar-refractivity contribution is 7.91. The standard InChI is InChI=1S/C18H27N3O5S/c1-3-4-10-20(15-9-12-27(25,26)13-15)11-8-18(22)19-16-6-5-7-17(14(16)2)21(23)24/h5-7,15H,3-4,8-13H2,1-2H3,(H,19,22). The fraction of sp³-hybridized carbons (Fsp3) is 0.611. The molecule has 1 aliphatic rings. The van der Waals surface area contributed by atoms with Crippen molar-refractivity contribution in [1.29, 1.82) is 0 Å². The lowest BCUT2D eigenvalue weighted by atomic mass is 10.1. The average Bonchev–Trinajstić information content (AvgIpc) is 2.96. The summed E-state index contributed by atoms with van der Waals surface area (Å²) in [5.41, 5.74) is 0.812. The highest BCUT2D eigenvalue weighted by Crippen LogP contribution is 2.25. The summed E-state index contributed by atoms with van der Waals surface area (Å²) in [5.74, 6) is 0.128. The van der Waals surface area contributed by atoms with Crippen molar-refractivity contribution >= 4 is 27.1 Å². The van der Waals surface area contributed by atoms with Gasteiger partial charge in [-0.15, -0.1) is 0 Å². The molecule has 1 unspecified atom stereocenters. The molecule has 1 aromatic rings. The van der Waals surface area contributed by atoms with Crippen LogP contribution in [0.3, 0.4) is 0 Å². The molecule has 1 saturated heterocycles. The van der Waals surface area contributed by atoms with E-state index in [1.165, 1.54) is 12.1 Å². The van der Waals surface area contributed by atoms with Crippen molar-refractivity contribution in [2.75, 3.05) is 29.9 Å². The number of hydrogen-bond acceptors (Lipinski definition) is 6. The van der Waals surface area contributed by atoms with E-state index in [0.717, 1.165) is 19.4 Å². The Bertz CT molecular complexity index is 794. The molecule has 1 fully saturated rings. The van der Waals surface area contributed by atoms with Gasteiger partial charge in [-0.1, -0.05) is 19.4 Å². The molecule has 0 aliphatic carbocycles. The largest absolute Gasteiger partial charge is 0.326 e. The third-order valence-corrected chi connectivity index (χ3v) is 6.68. The number of hydrogen-bond donors (Lipinski definition) is 1. The average molecular weight is 397 g/mol. The summed E-state index contributed by atoms with van der Waals surface area (Å²) in [7, 11) is -2.98. The van der Waals surface area contributed by atoms with Crippen LogP contribution in [0.1, 0.15) is 38.2 Å². The Morgan fingerprint density at radius 3 is 2.70 bits per heavy atom. The van der Waals surface area contributed by atoms with Crippen LogP contribution in [0.4, 0.5) is 11.4 Å². The maximum absolute atomic E-state index is 12.3. The maximum Gasteiger partial charge on any atom is 0.274 e. The smallest absolute Gasteiger partial charge is 0.274 e. The Labute approximate surface area is 160 Å². The number of unbranched alkanes of at least 4 members (excludes halogenated alkanes) is 1. The number of carbonyl (C=O) groups is 1. The number of nitro benzene ring substituents is 1. The zero-order valence-electron chi connectivity index (χ0n) is 15.8. The van der Waals surface area contributed by atoms with Crippen LogP contribution in [-0.4, -0.2) is 54.8 Å². The highest BCUT2D eigenvalue weighted by Gasteiger charge is 2.32. The third kappa shape index (κ3) is 6.00. The molecular weight excluding hydrogens is 370 g/mol. The molecule has 0 bridgehead atoms. The first kappa shape index (κ1) is 21.3. The number of nitro groups is 1. The highest BCUT2D eigenvalue weighted by atomic mass is 32.2. The van der Waals surface area contributed by atoms with Gasteiger partial charge in [0.25, 0.3) is 5.69 Å². The minimum absolute atomic E-state index is 0.0334. The Hall–Kier alpha value is -2.00. The van der Waals surface area contributed by atoms with E-state index in [1.54, 1.807) is 13.0 Å². The molecular formula is C18H27N3O5S. The number of sulfone groups is 1. The monoisotopic (exact) mass is 397 g/mol. The lowest BCUT2D eigenvalue weighted by Gasteiger charge is -2.27. The van der Waals surface area contributed by atoms with Gasteiger partial charge in [0.05, 0.1) is 27.7 Å². The van der Waals surface area contributed by atoms with Crippen molar-refractivity contribution in [3.8, 4) is 0 Å². The number of benzene rings is 1. The summed E-state index contributed by atoms with van der Waals surface area (Å²) < 4.78 is 23.5. The molecule has 0 aromatic heterocycles. The third-order valence-electron chi connectivity index (χ3n) is 4.93. The van der Waals surface area contributed by atoms with Gasteiger partial charge in [0, 0.05) is 25.1 Å². The van der Waals surface area contributed by atoms with E-state index >= 15 is 0 Å². The molecule has 0 radical (unpaired) electrons. The van der Waals surface area contributed by atoms with Gasteiger partial charge in [-0.25, -0.2) is 8.42 Å². The lowest BCUT2D eigenvalue weighted by molar-refractivity contribution is -0.385. The first-order chi connectivity index (χ1) is 12.7. The number of carbonyl (C=O) groups excluding carboxylic acids is 1. The van der Waals surface area contributed by atoms with Crippen LogP contribution < -0.4 is 5.32 Å². The molecule has 1 N–H and O–H groups in total. The first-order valence-corrected chi connectivity index (χ1v) is 11.0. The summed E-state index contributed by atoms with van der Waals surface area (Å²) in [6, 6.07) is 4.54. The topological polar surface area (TPSA) is 110 Å². The van der Waals surface area contributed by atoms with Crippen LogP contribution in [0.25, 0.3) is 0 Å². The molecule has 8 nitrogen and oxygen atoms in total. The zero-order valence-corrected chi connectivity index (χ0v) is 16.6. The van der Waals surface area contributed by atoms with E-state index in [2.05, 4.69) is 17.1 Å². The molecule has 1 amide bonds. The summed E-state index contributed by atoms with van der Waals surface area (Å²) >= 11 is 0. The van der Waals surface area contributed by atoms with Crippen molar-refractivity contribution in [3.63, 3.8) is 0 Å². The van der Waals surface area contributed by atoms with Gasteiger partial charge in [-0.2, -0.15) is 0 Å². The van der Waals surface area contributed by atoms with E-state index in [0.29, 0.717) is 24.2 Å². The number of rotatable bonds is 9. The Morgan fingerprint density at radius 1 is 1.37 bits per heavy atom. The summed E-state index contributed by atoms with van der Waals surface area (Å²) in [6.07, 6.45) is 2.76. The second kappa shape index (κ2) is 9.27. The van der Waals surface area contributed by atoms with Gasteiger partial charge >= 0.3 is 0 Å². The van der Waals surface area contributed by atoms with Crippen LogP contribution in [0.15, 0.2) is 18.2 Å². The van der Waals surface area contributed by atoms with Crippen molar-refractivity contribution in [1.82, 2.24) is 4.90 Å². The fourth-order valence-electron chi connectivity index (χ4n) is 3.32. The SMILES string of the molecule is CCCCN(CCC(=O)Nc1cccc([N+](=O)[O-])c1C)C1CCS(=O)(=O)C1. The molecule has 1 aliphatic heterocycles. The minimum atomic E-state index is -2.98. The van der Waals surface area contributed by atoms with E-state index in [4.69, 9.17) is 0 Å². The van der Waals surface area contributed by atoms with Crippen LogP contribution >= 0.6 is 0 Å². The van der Waals surface area contributed by atoms with E-state index < -0.39 is 14.8 Å². The number of amides is 1.